The van der Waals surface area contributed by atoms with Crippen LogP contribution in [0.2, 0.25) is 0 Å². The van der Waals surface area contributed by atoms with Gasteiger partial charge in [0.2, 0.25) is 0 Å². The van der Waals surface area contributed by atoms with Crippen LogP contribution in [0.1, 0.15) is 72.3 Å². The maximum Gasteiger partial charge on any atom is 0.261 e. The Hall–Kier alpha value is -3.91. The summed E-state index contributed by atoms with van der Waals surface area (Å²) in [5, 5.41) is 4.68. The van der Waals surface area contributed by atoms with E-state index in [-0.39, 0.29) is 5.91 Å². The third-order valence-corrected chi connectivity index (χ3v) is 9.97. The standard InChI is InChI=1S/C29H30N2O3S.C6H10N2/c1-34-22-8-12-24-21(14-22)13-18(17-32)16-31-26-15-20(29(33)30-35-23-9-10-23)7-11-25(26)27(28(24)31)19-5-3-2-4-6-19;1-5-6(4-7-2)8(5)3/h7-8,11-15,17,19,23H,2-6,9-10,16H2,1H3,(H,30,33);4,7H,1H2,2-3H3/b;6-4+. The normalized spacial score (nSPS) is 18.6. The molecule has 2 N–H and O–H groups in total. The van der Waals surface area contributed by atoms with Crippen molar-refractivity contribution >= 4 is 41.1 Å². The number of allylic oxidation sites excluding steroid dienone is 1. The molecule has 2 saturated carbocycles. The first-order valence-electron chi connectivity index (χ1n) is 15.2. The van der Waals surface area contributed by atoms with Crippen LogP contribution in [0.5, 0.6) is 5.75 Å². The van der Waals surface area contributed by atoms with Crippen LogP contribution in [-0.2, 0) is 11.3 Å². The van der Waals surface area contributed by atoms with Gasteiger partial charge >= 0.3 is 0 Å². The van der Waals surface area contributed by atoms with Gasteiger partial charge in [-0.2, -0.15) is 0 Å². The Balaban J connectivity index is 0.000000359. The van der Waals surface area contributed by atoms with Crippen molar-refractivity contribution in [2.45, 2.75) is 62.7 Å². The van der Waals surface area contributed by atoms with Crippen LogP contribution in [0.3, 0.4) is 0 Å². The number of carbonyl (C=O) groups excluding carboxylic acids is 2. The zero-order chi connectivity index (χ0) is 30.1. The van der Waals surface area contributed by atoms with Crippen molar-refractivity contribution in [3.05, 3.63) is 82.8 Å². The molecule has 224 valence electrons. The fourth-order valence-electron chi connectivity index (χ4n) is 6.29. The Morgan fingerprint density at radius 3 is 2.49 bits per heavy atom. The summed E-state index contributed by atoms with van der Waals surface area (Å²) in [5.74, 6) is 1.20. The molecule has 1 saturated heterocycles. The molecule has 0 bridgehead atoms. The predicted molar refractivity (Wildman–Crippen MR) is 176 cm³/mol. The molecule has 0 radical (unpaired) electrons. The number of nitrogens with zero attached hydrogens (tertiary/aromatic N) is 2. The van der Waals surface area contributed by atoms with Gasteiger partial charge in [-0.3, -0.25) is 14.3 Å². The molecule has 2 aromatic carbocycles. The van der Waals surface area contributed by atoms with E-state index in [9.17, 15) is 9.59 Å². The molecular formula is C35H40N4O3S. The van der Waals surface area contributed by atoms with Crippen molar-refractivity contribution in [1.29, 1.82) is 0 Å². The van der Waals surface area contributed by atoms with Gasteiger partial charge in [-0.15, -0.1) is 0 Å². The highest BCUT2D eigenvalue weighted by Gasteiger charge is 2.30. The number of carbonyl (C=O) groups is 2. The summed E-state index contributed by atoms with van der Waals surface area (Å²) < 4.78 is 10.8. The molecule has 7 nitrogen and oxygen atoms in total. The zero-order valence-corrected chi connectivity index (χ0v) is 26.1. The molecule has 0 unspecified atom stereocenters. The van der Waals surface area contributed by atoms with Gasteiger partial charge < -0.3 is 19.5 Å². The number of aromatic nitrogens is 1. The average molecular weight is 597 g/mol. The van der Waals surface area contributed by atoms with Crippen molar-refractivity contribution in [1.82, 2.24) is 19.5 Å². The van der Waals surface area contributed by atoms with E-state index >= 15 is 0 Å². The van der Waals surface area contributed by atoms with Crippen molar-refractivity contribution in [2.24, 2.45) is 0 Å². The smallest absolute Gasteiger partial charge is 0.261 e. The Morgan fingerprint density at radius 1 is 1.09 bits per heavy atom. The Kier molecular flexibility index (Phi) is 8.39. The first-order valence-corrected chi connectivity index (χ1v) is 16.1. The maximum absolute atomic E-state index is 12.9. The minimum atomic E-state index is -0.0523. The van der Waals surface area contributed by atoms with E-state index in [1.54, 1.807) is 7.11 Å². The summed E-state index contributed by atoms with van der Waals surface area (Å²) in [7, 11) is 5.54. The lowest BCUT2D eigenvalue weighted by molar-refractivity contribution is -0.105. The lowest BCUT2D eigenvalue weighted by atomic mass is 9.81. The van der Waals surface area contributed by atoms with E-state index in [2.05, 4.69) is 33.3 Å². The highest BCUT2D eigenvalue weighted by molar-refractivity contribution is 7.98. The van der Waals surface area contributed by atoms with E-state index < -0.39 is 0 Å². The van der Waals surface area contributed by atoms with Gasteiger partial charge in [-0.1, -0.05) is 31.9 Å². The second kappa shape index (κ2) is 12.4. The van der Waals surface area contributed by atoms with Gasteiger partial charge in [0, 0.05) is 53.1 Å². The van der Waals surface area contributed by atoms with Gasteiger partial charge in [-0.05, 0) is 91.1 Å². The number of hydrogen-bond donors (Lipinski definition) is 2. The van der Waals surface area contributed by atoms with Crippen molar-refractivity contribution in [2.75, 3.05) is 21.2 Å². The van der Waals surface area contributed by atoms with E-state index in [0.717, 1.165) is 34.4 Å². The van der Waals surface area contributed by atoms with Crippen LogP contribution in [0, 0.1) is 0 Å². The van der Waals surface area contributed by atoms with E-state index in [4.69, 9.17) is 4.74 Å². The Bertz CT molecular complexity index is 1640. The lowest BCUT2D eigenvalue weighted by Gasteiger charge is -2.24. The summed E-state index contributed by atoms with van der Waals surface area (Å²) in [4.78, 5) is 27.0. The molecule has 2 aliphatic heterocycles. The second-order valence-electron chi connectivity index (χ2n) is 11.8. The van der Waals surface area contributed by atoms with Crippen LogP contribution in [0.15, 0.2) is 66.1 Å². The SMILES string of the molecule is C=C1/C(=C\NC)N1C.COc1ccc2c(c1)C=C(C=O)Cn1c-2c(C2CCCCC2)c2ccc(C(=O)NSC3CC3)cc21. The van der Waals surface area contributed by atoms with Crippen LogP contribution in [-0.4, -0.2) is 48.1 Å². The molecular weight excluding hydrogens is 556 g/mol. The minimum Gasteiger partial charge on any atom is -0.497 e. The number of rotatable bonds is 7. The van der Waals surface area contributed by atoms with Gasteiger partial charge in [-0.25, -0.2) is 0 Å². The monoisotopic (exact) mass is 596 g/mol. The average Bonchev–Trinajstić information content (AvgIpc) is 3.95. The molecule has 1 aromatic heterocycles. The summed E-state index contributed by atoms with van der Waals surface area (Å²) in [6.45, 7) is 4.25. The number of aldehydes is 1. The number of nitrogens with one attached hydrogen (secondary N) is 2. The number of fused-ring (bicyclic) bond motifs is 5. The molecule has 4 aliphatic rings. The van der Waals surface area contributed by atoms with Gasteiger partial charge in [0.05, 0.1) is 30.7 Å². The molecule has 2 aliphatic carbocycles. The van der Waals surface area contributed by atoms with E-state index in [1.165, 1.54) is 79.2 Å². The van der Waals surface area contributed by atoms with Gasteiger partial charge in [0.15, 0.2) is 0 Å². The van der Waals surface area contributed by atoms with Crippen LogP contribution in [0.25, 0.3) is 28.2 Å². The molecule has 7 rings (SSSR count). The maximum atomic E-state index is 12.9. The quantitative estimate of drug-likeness (QED) is 0.174. The topological polar surface area (TPSA) is 75.4 Å². The molecule has 0 spiro atoms. The first kappa shape index (κ1) is 29.2. The van der Waals surface area contributed by atoms with Crippen LogP contribution >= 0.6 is 11.9 Å². The summed E-state index contributed by atoms with van der Waals surface area (Å²) >= 11 is 1.54. The molecule has 8 heteroatoms. The summed E-state index contributed by atoms with van der Waals surface area (Å²) in [6.07, 6.45) is 13.3. The van der Waals surface area contributed by atoms with Gasteiger partial charge in [0.1, 0.15) is 12.0 Å². The number of likely N-dealkylation sites (N-methyl/N-ethyl adjacent to an activating group) is 1. The Labute approximate surface area is 258 Å². The third-order valence-electron chi connectivity index (χ3n) is 8.86. The van der Waals surface area contributed by atoms with E-state index in [0.29, 0.717) is 28.8 Å². The van der Waals surface area contributed by atoms with Crippen molar-refractivity contribution in [3.8, 4) is 17.0 Å². The zero-order valence-electron chi connectivity index (χ0n) is 25.2. The lowest BCUT2D eigenvalue weighted by Crippen LogP contribution is -2.16. The fourth-order valence-corrected chi connectivity index (χ4v) is 7.05. The fraction of sp³-hybridized carbons (Fsp3) is 0.371. The molecule has 3 fully saturated rings. The molecule has 3 aromatic rings. The molecule has 1 amide bonds. The van der Waals surface area contributed by atoms with Crippen molar-refractivity contribution in [3.63, 3.8) is 0 Å². The number of hydrogen-bond acceptors (Lipinski definition) is 6. The highest BCUT2D eigenvalue weighted by atomic mass is 32.2. The summed E-state index contributed by atoms with van der Waals surface area (Å²) in [6, 6.07) is 12.2. The molecule has 0 atom stereocenters. The number of benzene rings is 2. The number of methoxy groups -OCH3 is 1. The van der Waals surface area contributed by atoms with Crippen molar-refractivity contribution < 1.29 is 14.3 Å². The van der Waals surface area contributed by atoms with Gasteiger partial charge in [0.25, 0.3) is 5.91 Å². The highest BCUT2D eigenvalue weighted by Crippen LogP contribution is 2.47. The largest absolute Gasteiger partial charge is 0.497 e. The predicted octanol–water partition coefficient (Wildman–Crippen LogP) is 7.01. The number of ether oxygens (including phenoxy) is 1. The Morgan fingerprint density at radius 2 is 1.86 bits per heavy atom. The third kappa shape index (κ3) is 5.98. The minimum absolute atomic E-state index is 0.0523. The van der Waals surface area contributed by atoms with E-state index in [1.807, 2.05) is 55.5 Å². The first-order chi connectivity index (χ1) is 20.9. The van der Waals surface area contributed by atoms with Crippen LogP contribution < -0.4 is 14.8 Å². The molecule has 3 heterocycles. The number of amides is 1. The second-order valence-corrected chi connectivity index (χ2v) is 12.9. The van der Waals surface area contributed by atoms with Crippen LogP contribution in [0.4, 0.5) is 0 Å². The summed E-state index contributed by atoms with van der Waals surface area (Å²) in [5.41, 5.74) is 9.39. The molecule has 43 heavy (non-hydrogen) atoms.